The molecule has 0 N–H and O–H groups in total. The Morgan fingerprint density at radius 3 is 2.25 bits per heavy atom. The van der Waals surface area contributed by atoms with Gasteiger partial charge in [0.25, 0.3) is 0 Å². The van der Waals surface area contributed by atoms with Crippen molar-refractivity contribution in [1.29, 1.82) is 0 Å². The van der Waals surface area contributed by atoms with Crippen molar-refractivity contribution in [2.75, 3.05) is 13.1 Å². The molecule has 6 heteroatoms. The van der Waals surface area contributed by atoms with Gasteiger partial charge in [0.05, 0.1) is 13.1 Å². The molecule has 0 atom stereocenters. The van der Waals surface area contributed by atoms with Crippen LogP contribution >= 0.6 is 23.2 Å². The Labute approximate surface area is 127 Å². The number of halogens is 3. The van der Waals surface area contributed by atoms with Crippen molar-refractivity contribution in [2.45, 2.75) is 32.0 Å². The molecule has 1 fully saturated rings. The van der Waals surface area contributed by atoms with E-state index < -0.39 is 17.4 Å². The van der Waals surface area contributed by atoms with Crippen LogP contribution in [0.15, 0.2) is 18.2 Å². The third-order valence-corrected chi connectivity index (χ3v) is 3.58. The van der Waals surface area contributed by atoms with E-state index in [1.807, 2.05) is 0 Å². The van der Waals surface area contributed by atoms with Crippen LogP contribution in [-0.2, 0) is 10.4 Å². The van der Waals surface area contributed by atoms with Crippen LogP contribution in [0.25, 0.3) is 0 Å². The van der Waals surface area contributed by atoms with Crippen LogP contribution in [-0.4, -0.2) is 29.7 Å². The second-order valence-electron chi connectivity index (χ2n) is 5.90. The summed E-state index contributed by atoms with van der Waals surface area (Å²) >= 11 is 12.0. The first kappa shape index (κ1) is 15.4. The molecule has 1 aliphatic heterocycles. The highest BCUT2D eigenvalue weighted by Gasteiger charge is 2.50. The van der Waals surface area contributed by atoms with E-state index in [-0.39, 0.29) is 28.7 Å². The highest BCUT2D eigenvalue weighted by atomic mass is 35.5. The Balaban J connectivity index is 2.10. The Morgan fingerprint density at radius 2 is 1.80 bits per heavy atom. The van der Waals surface area contributed by atoms with Gasteiger partial charge >= 0.3 is 6.09 Å². The van der Waals surface area contributed by atoms with Gasteiger partial charge in [0, 0.05) is 15.6 Å². The summed E-state index contributed by atoms with van der Waals surface area (Å²) in [6.45, 7) is 5.08. The second-order valence-corrected chi connectivity index (χ2v) is 6.71. The zero-order chi connectivity index (χ0) is 15.1. The highest BCUT2D eigenvalue weighted by Crippen LogP contribution is 2.43. The Kier molecular flexibility index (Phi) is 3.91. The third kappa shape index (κ3) is 3.01. The molecule has 1 amide bonds. The summed E-state index contributed by atoms with van der Waals surface area (Å²) in [7, 11) is 0. The molecule has 0 bridgehead atoms. The van der Waals surface area contributed by atoms with E-state index in [4.69, 9.17) is 27.9 Å². The average molecular weight is 320 g/mol. The molecule has 1 saturated heterocycles. The zero-order valence-corrected chi connectivity index (χ0v) is 13.1. The van der Waals surface area contributed by atoms with Gasteiger partial charge in [-0.2, -0.15) is 0 Å². The van der Waals surface area contributed by atoms with Gasteiger partial charge in [0.2, 0.25) is 0 Å². The number of benzene rings is 1. The summed E-state index contributed by atoms with van der Waals surface area (Å²) in [6, 6.07) is 4.82. The second kappa shape index (κ2) is 5.08. The topological polar surface area (TPSA) is 29.5 Å². The van der Waals surface area contributed by atoms with E-state index in [0.717, 1.165) is 0 Å². The standard InChI is InChI=1S/C14H16Cl2FNO2/c1-13(2,3)20-12(19)18-7-14(17,8-18)11-9(15)5-4-6-10(11)16/h4-6H,7-8H2,1-3H3. The van der Waals surface area contributed by atoms with Crippen molar-refractivity contribution >= 4 is 29.3 Å². The summed E-state index contributed by atoms with van der Waals surface area (Å²) in [4.78, 5) is 13.1. The smallest absolute Gasteiger partial charge is 0.410 e. The van der Waals surface area contributed by atoms with Gasteiger partial charge in [-0.3, -0.25) is 0 Å². The van der Waals surface area contributed by atoms with Gasteiger partial charge < -0.3 is 9.64 Å². The van der Waals surface area contributed by atoms with Gasteiger partial charge in [-0.15, -0.1) is 0 Å². The number of likely N-dealkylation sites (tertiary alicyclic amines) is 1. The van der Waals surface area contributed by atoms with Crippen LogP contribution in [0.1, 0.15) is 26.3 Å². The van der Waals surface area contributed by atoms with Crippen LogP contribution in [0.3, 0.4) is 0 Å². The molecule has 1 aromatic carbocycles. The van der Waals surface area contributed by atoms with Gasteiger partial charge in [0.1, 0.15) is 5.60 Å². The van der Waals surface area contributed by atoms with E-state index in [2.05, 4.69) is 0 Å². The number of amides is 1. The molecule has 3 nitrogen and oxygen atoms in total. The molecule has 0 spiro atoms. The van der Waals surface area contributed by atoms with Crippen molar-refractivity contribution in [2.24, 2.45) is 0 Å². The van der Waals surface area contributed by atoms with E-state index in [1.165, 1.54) is 4.90 Å². The number of alkyl halides is 1. The van der Waals surface area contributed by atoms with E-state index in [1.54, 1.807) is 39.0 Å². The number of carbonyl (C=O) groups excluding carboxylic acids is 1. The summed E-state index contributed by atoms with van der Waals surface area (Å²) in [5, 5.41) is 0.535. The lowest BCUT2D eigenvalue weighted by atomic mass is 9.88. The summed E-state index contributed by atoms with van der Waals surface area (Å²) < 4.78 is 20.0. The first-order valence-corrected chi connectivity index (χ1v) is 6.99. The third-order valence-electron chi connectivity index (χ3n) is 2.95. The van der Waals surface area contributed by atoms with Gasteiger partial charge in [-0.05, 0) is 32.9 Å². The monoisotopic (exact) mass is 319 g/mol. The number of hydrogen-bond acceptors (Lipinski definition) is 2. The molecule has 0 aliphatic carbocycles. The number of ether oxygens (including phenoxy) is 1. The molecule has 1 aliphatic rings. The maximum atomic E-state index is 14.8. The van der Waals surface area contributed by atoms with Gasteiger partial charge in [0.15, 0.2) is 5.67 Å². The maximum Gasteiger partial charge on any atom is 0.410 e. The molecule has 110 valence electrons. The normalized spacial score (nSPS) is 17.6. The molecule has 1 heterocycles. The largest absolute Gasteiger partial charge is 0.444 e. The van der Waals surface area contributed by atoms with Crippen molar-refractivity contribution in [3.63, 3.8) is 0 Å². The lowest BCUT2D eigenvalue weighted by molar-refractivity contribution is -0.0536. The fourth-order valence-electron chi connectivity index (χ4n) is 2.10. The predicted molar refractivity (Wildman–Crippen MR) is 77.1 cm³/mol. The van der Waals surface area contributed by atoms with E-state index in [0.29, 0.717) is 0 Å². The minimum absolute atomic E-state index is 0.106. The fourth-order valence-corrected chi connectivity index (χ4v) is 2.83. The van der Waals surface area contributed by atoms with Crippen molar-refractivity contribution in [3.8, 4) is 0 Å². The number of hydrogen-bond donors (Lipinski definition) is 0. The minimum Gasteiger partial charge on any atom is -0.444 e. The van der Waals surface area contributed by atoms with Crippen molar-refractivity contribution in [3.05, 3.63) is 33.8 Å². The number of carbonyl (C=O) groups is 1. The maximum absolute atomic E-state index is 14.8. The lowest BCUT2D eigenvalue weighted by Crippen LogP contribution is -2.59. The van der Waals surface area contributed by atoms with Crippen LogP contribution in [0.4, 0.5) is 9.18 Å². The zero-order valence-electron chi connectivity index (χ0n) is 11.5. The molecule has 0 unspecified atom stereocenters. The number of rotatable bonds is 1. The average Bonchev–Trinajstić information content (AvgIpc) is 2.22. The molecular weight excluding hydrogens is 304 g/mol. The fraction of sp³-hybridized carbons (Fsp3) is 0.500. The number of nitrogens with zero attached hydrogens (tertiary/aromatic N) is 1. The van der Waals surface area contributed by atoms with Crippen molar-refractivity contribution in [1.82, 2.24) is 4.90 Å². The van der Waals surface area contributed by atoms with Gasteiger partial charge in [-0.1, -0.05) is 29.3 Å². The van der Waals surface area contributed by atoms with Crippen molar-refractivity contribution < 1.29 is 13.9 Å². The summed E-state index contributed by atoms with van der Waals surface area (Å²) in [6.07, 6.45) is -0.533. The lowest BCUT2D eigenvalue weighted by Gasteiger charge is -2.45. The molecule has 0 aromatic heterocycles. The SMILES string of the molecule is CC(C)(C)OC(=O)N1CC(F)(c2c(Cl)cccc2Cl)C1. The summed E-state index contributed by atoms with van der Waals surface area (Å²) in [5.74, 6) is 0. The Bertz CT molecular complexity index is 516. The van der Waals surface area contributed by atoms with E-state index in [9.17, 15) is 9.18 Å². The summed E-state index contributed by atoms with van der Waals surface area (Å²) in [5.41, 5.74) is -2.08. The minimum atomic E-state index is -1.72. The van der Waals surface area contributed by atoms with Gasteiger partial charge in [-0.25, -0.2) is 9.18 Å². The molecule has 0 radical (unpaired) electrons. The highest BCUT2D eigenvalue weighted by molar-refractivity contribution is 6.36. The van der Waals surface area contributed by atoms with Crippen LogP contribution in [0, 0.1) is 0 Å². The Morgan fingerprint density at radius 1 is 1.30 bits per heavy atom. The molecular formula is C14H16Cl2FNO2. The Hall–Kier alpha value is -1.00. The van der Waals surface area contributed by atoms with E-state index >= 15 is 0 Å². The molecule has 2 rings (SSSR count). The van der Waals surface area contributed by atoms with Crippen LogP contribution in [0.5, 0.6) is 0 Å². The first-order chi connectivity index (χ1) is 9.12. The first-order valence-electron chi connectivity index (χ1n) is 6.24. The van der Waals surface area contributed by atoms with Crippen LogP contribution < -0.4 is 0 Å². The predicted octanol–water partition coefficient (Wildman–Crippen LogP) is 4.41. The quantitative estimate of drug-likeness (QED) is 0.767. The molecule has 1 aromatic rings. The molecule has 20 heavy (non-hydrogen) atoms. The van der Waals surface area contributed by atoms with Crippen LogP contribution in [0.2, 0.25) is 10.0 Å². The molecule has 0 saturated carbocycles.